The SMILES string of the molecule is CCC1CCC(C2CCC(C)C2)CC1. The molecular formula is C14H26. The van der Waals surface area contributed by atoms with E-state index in [1.807, 2.05) is 0 Å². The van der Waals surface area contributed by atoms with E-state index in [0.717, 1.165) is 23.7 Å². The molecule has 0 amide bonds. The molecule has 0 nitrogen and oxygen atoms in total. The van der Waals surface area contributed by atoms with Gasteiger partial charge in [0.1, 0.15) is 0 Å². The molecule has 0 aliphatic heterocycles. The van der Waals surface area contributed by atoms with E-state index >= 15 is 0 Å². The van der Waals surface area contributed by atoms with Crippen molar-refractivity contribution in [3.8, 4) is 0 Å². The Hall–Kier alpha value is 0. The first-order chi connectivity index (χ1) is 6.79. The van der Waals surface area contributed by atoms with Crippen LogP contribution in [-0.2, 0) is 0 Å². The molecule has 0 aromatic carbocycles. The van der Waals surface area contributed by atoms with Gasteiger partial charge in [-0.2, -0.15) is 0 Å². The van der Waals surface area contributed by atoms with Crippen LogP contribution in [0.3, 0.4) is 0 Å². The lowest BCUT2D eigenvalue weighted by Gasteiger charge is -2.31. The van der Waals surface area contributed by atoms with E-state index in [9.17, 15) is 0 Å². The van der Waals surface area contributed by atoms with Crippen LogP contribution in [-0.4, -0.2) is 0 Å². The van der Waals surface area contributed by atoms with Crippen molar-refractivity contribution < 1.29 is 0 Å². The van der Waals surface area contributed by atoms with Gasteiger partial charge in [-0.3, -0.25) is 0 Å². The highest BCUT2D eigenvalue weighted by Gasteiger charge is 2.31. The van der Waals surface area contributed by atoms with Crippen LogP contribution in [0.25, 0.3) is 0 Å². The summed E-state index contributed by atoms with van der Waals surface area (Å²) in [4.78, 5) is 0. The molecule has 0 aromatic rings. The Balaban J connectivity index is 1.78. The molecule has 14 heavy (non-hydrogen) atoms. The Labute approximate surface area is 89.5 Å². The van der Waals surface area contributed by atoms with Gasteiger partial charge in [0.25, 0.3) is 0 Å². The second-order valence-electron chi connectivity index (χ2n) is 5.87. The summed E-state index contributed by atoms with van der Waals surface area (Å²) >= 11 is 0. The molecule has 2 unspecified atom stereocenters. The number of rotatable bonds is 2. The molecule has 2 aliphatic carbocycles. The van der Waals surface area contributed by atoms with Crippen LogP contribution in [0.1, 0.15) is 65.2 Å². The molecule has 82 valence electrons. The fourth-order valence-electron chi connectivity index (χ4n) is 3.75. The first-order valence-corrected chi connectivity index (χ1v) is 6.79. The zero-order valence-corrected chi connectivity index (χ0v) is 9.97. The second-order valence-corrected chi connectivity index (χ2v) is 5.87. The minimum atomic E-state index is 1.03. The predicted octanol–water partition coefficient (Wildman–Crippen LogP) is 4.64. The van der Waals surface area contributed by atoms with Crippen LogP contribution in [0, 0.1) is 23.7 Å². The van der Waals surface area contributed by atoms with Crippen molar-refractivity contribution in [1.82, 2.24) is 0 Å². The summed E-state index contributed by atoms with van der Waals surface area (Å²) in [6.45, 7) is 4.81. The summed E-state index contributed by atoms with van der Waals surface area (Å²) in [6, 6.07) is 0. The lowest BCUT2D eigenvalue weighted by atomic mass is 9.74. The molecule has 2 atom stereocenters. The maximum Gasteiger partial charge on any atom is -0.0383 e. The van der Waals surface area contributed by atoms with Gasteiger partial charge in [-0.05, 0) is 49.4 Å². The molecular weight excluding hydrogens is 168 g/mol. The Kier molecular flexibility index (Phi) is 3.52. The molecule has 0 spiro atoms. The Bertz CT molecular complexity index is 165. The Morgan fingerprint density at radius 1 is 0.857 bits per heavy atom. The van der Waals surface area contributed by atoms with Gasteiger partial charge in [-0.1, -0.05) is 39.5 Å². The van der Waals surface area contributed by atoms with Crippen LogP contribution in [0.15, 0.2) is 0 Å². The first kappa shape index (κ1) is 10.5. The normalized spacial score (nSPS) is 44.1. The Morgan fingerprint density at radius 3 is 2.00 bits per heavy atom. The van der Waals surface area contributed by atoms with Gasteiger partial charge < -0.3 is 0 Å². The number of hydrogen-bond donors (Lipinski definition) is 0. The average molecular weight is 194 g/mol. The van der Waals surface area contributed by atoms with Gasteiger partial charge in [0, 0.05) is 0 Å². The average Bonchev–Trinajstić information content (AvgIpc) is 2.65. The fraction of sp³-hybridized carbons (Fsp3) is 1.00. The molecule has 0 heteroatoms. The molecule has 0 heterocycles. The van der Waals surface area contributed by atoms with Crippen molar-refractivity contribution in [3.05, 3.63) is 0 Å². The predicted molar refractivity (Wildman–Crippen MR) is 62.2 cm³/mol. The summed E-state index contributed by atoms with van der Waals surface area (Å²) in [5, 5.41) is 0. The van der Waals surface area contributed by atoms with Crippen molar-refractivity contribution in [2.45, 2.75) is 65.2 Å². The summed E-state index contributed by atoms with van der Waals surface area (Å²) < 4.78 is 0. The second kappa shape index (κ2) is 4.68. The maximum absolute atomic E-state index is 2.44. The smallest absolute Gasteiger partial charge is 0.0383 e. The zero-order valence-electron chi connectivity index (χ0n) is 9.97. The summed E-state index contributed by atoms with van der Waals surface area (Å²) in [6.07, 6.45) is 12.2. The molecule has 0 N–H and O–H groups in total. The highest BCUT2D eigenvalue weighted by atomic mass is 14.4. The minimum absolute atomic E-state index is 1.03. The lowest BCUT2D eigenvalue weighted by molar-refractivity contribution is 0.200. The van der Waals surface area contributed by atoms with E-state index < -0.39 is 0 Å². The third-order valence-corrected chi connectivity index (χ3v) is 4.87. The van der Waals surface area contributed by atoms with E-state index in [2.05, 4.69) is 13.8 Å². The van der Waals surface area contributed by atoms with Gasteiger partial charge in [-0.25, -0.2) is 0 Å². The molecule has 0 bridgehead atoms. The van der Waals surface area contributed by atoms with Crippen LogP contribution in [0.4, 0.5) is 0 Å². The van der Waals surface area contributed by atoms with Crippen molar-refractivity contribution >= 4 is 0 Å². The maximum atomic E-state index is 2.44. The zero-order chi connectivity index (χ0) is 9.97. The fourth-order valence-corrected chi connectivity index (χ4v) is 3.75. The van der Waals surface area contributed by atoms with Gasteiger partial charge in [0.05, 0.1) is 0 Å². The molecule has 2 rings (SSSR count). The van der Waals surface area contributed by atoms with Crippen LogP contribution in [0.2, 0.25) is 0 Å². The Morgan fingerprint density at radius 2 is 1.50 bits per heavy atom. The van der Waals surface area contributed by atoms with Crippen LogP contribution in [0.5, 0.6) is 0 Å². The summed E-state index contributed by atoms with van der Waals surface area (Å²) in [7, 11) is 0. The highest BCUT2D eigenvalue weighted by molar-refractivity contribution is 4.82. The minimum Gasteiger partial charge on any atom is -0.0651 e. The number of hydrogen-bond acceptors (Lipinski definition) is 0. The van der Waals surface area contributed by atoms with E-state index in [4.69, 9.17) is 0 Å². The van der Waals surface area contributed by atoms with Gasteiger partial charge >= 0.3 is 0 Å². The van der Waals surface area contributed by atoms with E-state index in [1.165, 1.54) is 25.7 Å². The monoisotopic (exact) mass is 194 g/mol. The van der Waals surface area contributed by atoms with Gasteiger partial charge in [0.2, 0.25) is 0 Å². The van der Waals surface area contributed by atoms with E-state index in [-0.39, 0.29) is 0 Å². The van der Waals surface area contributed by atoms with Crippen LogP contribution >= 0.6 is 0 Å². The standard InChI is InChI=1S/C14H26/c1-3-12-5-8-13(9-6-12)14-7-4-11(2)10-14/h11-14H,3-10H2,1-2H3. The molecule has 2 aliphatic rings. The largest absolute Gasteiger partial charge is 0.0651 e. The van der Waals surface area contributed by atoms with E-state index in [1.54, 1.807) is 25.7 Å². The third-order valence-electron chi connectivity index (χ3n) is 4.87. The highest BCUT2D eigenvalue weighted by Crippen LogP contribution is 2.43. The van der Waals surface area contributed by atoms with E-state index in [0.29, 0.717) is 0 Å². The molecule has 0 aromatic heterocycles. The third kappa shape index (κ3) is 2.32. The molecule has 0 radical (unpaired) electrons. The first-order valence-electron chi connectivity index (χ1n) is 6.79. The van der Waals surface area contributed by atoms with Crippen molar-refractivity contribution in [1.29, 1.82) is 0 Å². The van der Waals surface area contributed by atoms with Crippen LogP contribution < -0.4 is 0 Å². The molecule has 2 saturated carbocycles. The van der Waals surface area contributed by atoms with Gasteiger partial charge in [-0.15, -0.1) is 0 Å². The quantitative estimate of drug-likeness (QED) is 0.601. The van der Waals surface area contributed by atoms with Gasteiger partial charge in [0.15, 0.2) is 0 Å². The van der Waals surface area contributed by atoms with Crippen molar-refractivity contribution in [2.24, 2.45) is 23.7 Å². The molecule has 0 saturated heterocycles. The summed E-state index contributed by atoms with van der Waals surface area (Å²) in [5.41, 5.74) is 0. The molecule has 2 fully saturated rings. The lowest BCUT2D eigenvalue weighted by Crippen LogP contribution is -2.20. The topological polar surface area (TPSA) is 0 Å². The summed E-state index contributed by atoms with van der Waals surface area (Å²) in [5.74, 6) is 4.33. The van der Waals surface area contributed by atoms with Crippen molar-refractivity contribution in [2.75, 3.05) is 0 Å². The van der Waals surface area contributed by atoms with Crippen molar-refractivity contribution in [3.63, 3.8) is 0 Å².